The summed E-state index contributed by atoms with van der Waals surface area (Å²) in [6, 6.07) is 1.88. The molecule has 0 amide bonds. The maximum atomic E-state index is 4.60. The Kier molecular flexibility index (Phi) is 4.03. The number of nitrogens with zero attached hydrogens (tertiary/aromatic N) is 5. The first-order valence-corrected chi connectivity index (χ1v) is 9.26. The van der Waals surface area contributed by atoms with Gasteiger partial charge in [-0.15, -0.1) is 11.3 Å². The Bertz CT molecular complexity index is 648. The molecule has 6 heteroatoms. The van der Waals surface area contributed by atoms with Crippen LogP contribution in [0.5, 0.6) is 0 Å². The summed E-state index contributed by atoms with van der Waals surface area (Å²) in [4.78, 5) is 18.3. The Hall–Kier alpha value is -1.53. The van der Waals surface area contributed by atoms with Crippen molar-refractivity contribution < 1.29 is 0 Å². The molecular formula is C17H23N5S. The molecule has 2 aromatic rings. The second kappa shape index (κ2) is 6.17. The number of thiazole rings is 1. The molecule has 2 fully saturated rings. The minimum atomic E-state index is 0.466. The Morgan fingerprint density at radius 3 is 2.57 bits per heavy atom. The van der Waals surface area contributed by atoms with E-state index in [2.05, 4.69) is 37.1 Å². The molecule has 4 heterocycles. The third-order valence-electron chi connectivity index (χ3n) is 5.24. The van der Waals surface area contributed by atoms with Crippen LogP contribution in [0.1, 0.15) is 30.0 Å². The van der Waals surface area contributed by atoms with Gasteiger partial charge in [0.25, 0.3) is 0 Å². The van der Waals surface area contributed by atoms with Crippen LogP contribution >= 0.6 is 11.3 Å². The molecular weight excluding hydrogens is 306 g/mol. The van der Waals surface area contributed by atoms with Gasteiger partial charge in [-0.2, -0.15) is 0 Å². The van der Waals surface area contributed by atoms with E-state index in [9.17, 15) is 0 Å². The van der Waals surface area contributed by atoms with Crippen molar-refractivity contribution in [1.82, 2.24) is 19.9 Å². The maximum Gasteiger partial charge on any atom is 0.225 e. The van der Waals surface area contributed by atoms with Crippen molar-refractivity contribution in [3.05, 3.63) is 34.5 Å². The molecule has 0 saturated carbocycles. The summed E-state index contributed by atoms with van der Waals surface area (Å²) in [5.41, 5.74) is 1.70. The lowest BCUT2D eigenvalue weighted by Gasteiger charge is -2.39. The second-order valence-corrected chi connectivity index (χ2v) is 7.92. The van der Waals surface area contributed by atoms with Crippen molar-refractivity contribution in [3.8, 4) is 0 Å². The van der Waals surface area contributed by atoms with E-state index in [1.54, 1.807) is 11.3 Å². The average molecular weight is 329 g/mol. The molecule has 0 atom stereocenters. The zero-order valence-electron chi connectivity index (χ0n) is 13.6. The highest BCUT2D eigenvalue weighted by Gasteiger charge is 2.41. The smallest absolute Gasteiger partial charge is 0.225 e. The van der Waals surface area contributed by atoms with Crippen LogP contribution in [0.25, 0.3) is 0 Å². The van der Waals surface area contributed by atoms with Crippen LogP contribution < -0.4 is 4.90 Å². The molecule has 0 unspecified atom stereocenters. The largest absolute Gasteiger partial charge is 0.340 e. The third kappa shape index (κ3) is 3.23. The van der Waals surface area contributed by atoms with Gasteiger partial charge in [0.15, 0.2) is 0 Å². The highest BCUT2D eigenvalue weighted by Crippen LogP contribution is 2.41. The lowest BCUT2D eigenvalue weighted by molar-refractivity contribution is 0.114. The molecule has 5 nitrogen and oxygen atoms in total. The van der Waals surface area contributed by atoms with Crippen molar-refractivity contribution in [2.24, 2.45) is 5.41 Å². The fourth-order valence-corrected chi connectivity index (χ4v) is 4.47. The van der Waals surface area contributed by atoms with Crippen LogP contribution in [0, 0.1) is 12.3 Å². The van der Waals surface area contributed by atoms with Gasteiger partial charge in [-0.25, -0.2) is 15.0 Å². The molecule has 0 aliphatic carbocycles. The van der Waals surface area contributed by atoms with Gasteiger partial charge in [-0.1, -0.05) is 0 Å². The molecule has 0 N–H and O–H groups in total. The van der Waals surface area contributed by atoms with E-state index in [-0.39, 0.29) is 0 Å². The van der Waals surface area contributed by atoms with E-state index in [4.69, 9.17) is 0 Å². The molecule has 1 spiro atoms. The zero-order chi connectivity index (χ0) is 15.7. The van der Waals surface area contributed by atoms with Crippen molar-refractivity contribution in [1.29, 1.82) is 0 Å². The van der Waals surface area contributed by atoms with Crippen molar-refractivity contribution in [2.45, 2.75) is 32.7 Å². The van der Waals surface area contributed by atoms with E-state index in [0.29, 0.717) is 5.41 Å². The highest BCUT2D eigenvalue weighted by molar-refractivity contribution is 7.09. The first kappa shape index (κ1) is 15.0. The Morgan fingerprint density at radius 2 is 1.87 bits per heavy atom. The number of anilines is 1. The number of hydrogen-bond acceptors (Lipinski definition) is 6. The van der Waals surface area contributed by atoms with Gasteiger partial charge in [0, 0.05) is 37.4 Å². The monoisotopic (exact) mass is 329 g/mol. The molecule has 2 aromatic heterocycles. The van der Waals surface area contributed by atoms with Crippen LogP contribution in [-0.4, -0.2) is 46.0 Å². The molecule has 2 aliphatic heterocycles. The van der Waals surface area contributed by atoms with Crippen molar-refractivity contribution in [3.63, 3.8) is 0 Å². The van der Waals surface area contributed by atoms with Gasteiger partial charge < -0.3 is 4.90 Å². The van der Waals surface area contributed by atoms with E-state index in [1.165, 1.54) is 43.1 Å². The third-order valence-corrected chi connectivity index (χ3v) is 6.06. The van der Waals surface area contributed by atoms with E-state index >= 15 is 0 Å². The standard InChI is InChI=1S/C17H23N5S/c1-14-20-15(12-23-14)11-21-8-3-17(4-9-21)5-10-22(13-17)16-18-6-2-7-19-16/h2,6-7,12H,3-5,8-11,13H2,1H3. The van der Waals surface area contributed by atoms with Gasteiger partial charge in [0.2, 0.25) is 5.95 Å². The molecule has 4 rings (SSSR count). The van der Waals surface area contributed by atoms with Gasteiger partial charge in [-0.3, -0.25) is 4.90 Å². The highest BCUT2D eigenvalue weighted by atomic mass is 32.1. The quantitative estimate of drug-likeness (QED) is 0.866. The Morgan fingerprint density at radius 1 is 1.13 bits per heavy atom. The van der Waals surface area contributed by atoms with Gasteiger partial charge >= 0.3 is 0 Å². The summed E-state index contributed by atoms with van der Waals surface area (Å²) in [6.45, 7) is 7.65. The summed E-state index contributed by atoms with van der Waals surface area (Å²) in [5, 5.41) is 3.37. The topological polar surface area (TPSA) is 45.2 Å². The summed E-state index contributed by atoms with van der Waals surface area (Å²) in [5.74, 6) is 0.893. The lowest BCUT2D eigenvalue weighted by atomic mass is 9.78. The number of hydrogen-bond donors (Lipinski definition) is 0. The summed E-state index contributed by atoms with van der Waals surface area (Å²) < 4.78 is 0. The maximum absolute atomic E-state index is 4.60. The minimum Gasteiger partial charge on any atom is -0.340 e. The Balaban J connectivity index is 1.34. The van der Waals surface area contributed by atoms with E-state index < -0.39 is 0 Å². The molecule has 23 heavy (non-hydrogen) atoms. The fraction of sp³-hybridized carbons (Fsp3) is 0.588. The van der Waals surface area contributed by atoms with Gasteiger partial charge in [0.1, 0.15) is 0 Å². The predicted molar refractivity (Wildman–Crippen MR) is 92.7 cm³/mol. The SMILES string of the molecule is Cc1nc(CN2CCC3(CC2)CCN(c2ncccn2)C3)cs1. The summed E-state index contributed by atoms with van der Waals surface area (Å²) in [6.07, 6.45) is 7.51. The lowest BCUT2D eigenvalue weighted by Crippen LogP contribution is -2.41. The summed E-state index contributed by atoms with van der Waals surface area (Å²) in [7, 11) is 0. The fourth-order valence-electron chi connectivity index (χ4n) is 3.86. The predicted octanol–water partition coefficient (Wildman–Crippen LogP) is 2.73. The number of piperidine rings is 1. The molecule has 2 saturated heterocycles. The Labute approximate surface area is 141 Å². The molecule has 122 valence electrons. The molecule has 0 aromatic carbocycles. The van der Waals surface area contributed by atoms with Crippen LogP contribution in [0.15, 0.2) is 23.8 Å². The number of aryl methyl sites for hydroxylation is 1. The van der Waals surface area contributed by atoms with Crippen LogP contribution in [-0.2, 0) is 6.54 Å². The first-order valence-electron chi connectivity index (χ1n) is 8.38. The summed E-state index contributed by atoms with van der Waals surface area (Å²) >= 11 is 1.75. The van der Waals surface area contributed by atoms with Gasteiger partial charge in [-0.05, 0) is 50.8 Å². The molecule has 0 bridgehead atoms. The van der Waals surface area contributed by atoms with Crippen LogP contribution in [0.3, 0.4) is 0 Å². The second-order valence-electron chi connectivity index (χ2n) is 6.85. The van der Waals surface area contributed by atoms with Crippen LogP contribution in [0.2, 0.25) is 0 Å². The minimum absolute atomic E-state index is 0.466. The van der Waals surface area contributed by atoms with E-state index in [0.717, 1.165) is 25.6 Å². The van der Waals surface area contributed by atoms with Crippen LogP contribution in [0.4, 0.5) is 5.95 Å². The molecule has 2 aliphatic rings. The zero-order valence-corrected chi connectivity index (χ0v) is 14.4. The van der Waals surface area contributed by atoms with Crippen molar-refractivity contribution >= 4 is 17.3 Å². The first-order chi connectivity index (χ1) is 11.2. The van der Waals surface area contributed by atoms with Crippen molar-refractivity contribution in [2.75, 3.05) is 31.1 Å². The van der Waals surface area contributed by atoms with E-state index in [1.807, 2.05) is 18.5 Å². The van der Waals surface area contributed by atoms with Gasteiger partial charge in [0.05, 0.1) is 10.7 Å². The normalized spacial score (nSPS) is 21.2. The number of aromatic nitrogens is 3. The number of rotatable bonds is 3. The average Bonchev–Trinajstić information content (AvgIpc) is 3.18. The molecule has 0 radical (unpaired) electrons. The number of likely N-dealkylation sites (tertiary alicyclic amines) is 1.